The third-order valence-electron chi connectivity index (χ3n) is 2.51. The molecule has 0 saturated heterocycles. The maximum absolute atomic E-state index is 11.5. The molecule has 0 radical (unpaired) electrons. The van der Waals surface area contributed by atoms with Crippen molar-refractivity contribution in [1.82, 2.24) is 5.32 Å². The van der Waals surface area contributed by atoms with Gasteiger partial charge in [0.05, 0.1) is 0 Å². The van der Waals surface area contributed by atoms with E-state index in [9.17, 15) is 9.59 Å². The first-order valence-corrected chi connectivity index (χ1v) is 6.15. The van der Waals surface area contributed by atoms with Crippen molar-refractivity contribution in [3.8, 4) is 0 Å². The van der Waals surface area contributed by atoms with E-state index in [4.69, 9.17) is 5.11 Å². The fourth-order valence-corrected chi connectivity index (χ4v) is 1.63. The maximum Gasteiger partial charge on any atom is 0.328 e. The number of aryl methyl sites for hydroxylation is 1. The standard InChI is InChI=1S/C14H18N2O3/c1-3-11-9-10(6-8-13(17)18)5-7-12(11)16-14(19)15-4-2/h5-9H,3-4H2,1-2H3,(H,17,18)(H2,15,16,19)/b8-6+. The molecule has 0 saturated carbocycles. The van der Waals surface area contributed by atoms with Gasteiger partial charge in [0.1, 0.15) is 0 Å². The Hall–Kier alpha value is -2.30. The van der Waals surface area contributed by atoms with Crippen LogP contribution in [0.4, 0.5) is 10.5 Å². The second-order valence-corrected chi connectivity index (χ2v) is 3.93. The van der Waals surface area contributed by atoms with Gasteiger partial charge in [-0.05, 0) is 42.7 Å². The average Bonchev–Trinajstić information content (AvgIpc) is 2.37. The minimum atomic E-state index is -0.984. The number of hydrogen-bond acceptors (Lipinski definition) is 2. The van der Waals surface area contributed by atoms with Crippen LogP contribution in [0.15, 0.2) is 24.3 Å². The van der Waals surface area contributed by atoms with E-state index in [2.05, 4.69) is 10.6 Å². The molecule has 1 rings (SSSR count). The molecule has 19 heavy (non-hydrogen) atoms. The third kappa shape index (κ3) is 4.83. The van der Waals surface area contributed by atoms with Gasteiger partial charge in [0.2, 0.25) is 0 Å². The number of carboxylic acids is 1. The molecule has 3 N–H and O–H groups in total. The van der Waals surface area contributed by atoms with Gasteiger partial charge >= 0.3 is 12.0 Å². The molecule has 102 valence electrons. The zero-order valence-electron chi connectivity index (χ0n) is 11.1. The van der Waals surface area contributed by atoms with Gasteiger partial charge in [-0.25, -0.2) is 9.59 Å². The Morgan fingerprint density at radius 3 is 2.63 bits per heavy atom. The van der Waals surface area contributed by atoms with E-state index in [0.717, 1.165) is 29.3 Å². The van der Waals surface area contributed by atoms with Gasteiger partial charge in [-0.2, -0.15) is 0 Å². The van der Waals surface area contributed by atoms with Crippen molar-refractivity contribution in [2.24, 2.45) is 0 Å². The molecule has 0 spiro atoms. The molecule has 0 aromatic heterocycles. The van der Waals surface area contributed by atoms with Crippen molar-refractivity contribution in [2.45, 2.75) is 20.3 Å². The lowest BCUT2D eigenvalue weighted by molar-refractivity contribution is -0.131. The van der Waals surface area contributed by atoms with E-state index in [1.807, 2.05) is 19.9 Å². The van der Waals surface area contributed by atoms with E-state index in [0.29, 0.717) is 6.54 Å². The Labute approximate surface area is 112 Å². The van der Waals surface area contributed by atoms with Gasteiger partial charge in [-0.1, -0.05) is 13.0 Å². The monoisotopic (exact) mass is 262 g/mol. The molecule has 0 bridgehead atoms. The van der Waals surface area contributed by atoms with E-state index in [-0.39, 0.29) is 6.03 Å². The van der Waals surface area contributed by atoms with Crippen LogP contribution in [0.2, 0.25) is 0 Å². The zero-order chi connectivity index (χ0) is 14.3. The van der Waals surface area contributed by atoms with Crippen LogP contribution in [0.25, 0.3) is 6.08 Å². The highest BCUT2D eigenvalue weighted by atomic mass is 16.4. The summed E-state index contributed by atoms with van der Waals surface area (Å²) in [6, 6.07) is 5.16. The Morgan fingerprint density at radius 1 is 1.32 bits per heavy atom. The quantitative estimate of drug-likeness (QED) is 0.713. The summed E-state index contributed by atoms with van der Waals surface area (Å²) in [7, 11) is 0. The Balaban J connectivity index is 2.90. The summed E-state index contributed by atoms with van der Waals surface area (Å²) in [6.07, 6.45) is 3.36. The number of aliphatic carboxylic acids is 1. The fraction of sp³-hybridized carbons (Fsp3) is 0.286. The minimum Gasteiger partial charge on any atom is -0.478 e. The van der Waals surface area contributed by atoms with Crippen molar-refractivity contribution in [3.05, 3.63) is 35.4 Å². The van der Waals surface area contributed by atoms with Crippen molar-refractivity contribution in [3.63, 3.8) is 0 Å². The van der Waals surface area contributed by atoms with Crippen molar-refractivity contribution >= 4 is 23.8 Å². The highest BCUT2D eigenvalue weighted by Crippen LogP contribution is 2.19. The third-order valence-corrected chi connectivity index (χ3v) is 2.51. The number of nitrogens with one attached hydrogen (secondary N) is 2. The summed E-state index contributed by atoms with van der Waals surface area (Å²) in [5.41, 5.74) is 2.49. The first-order chi connectivity index (χ1) is 9.06. The molecule has 0 fully saturated rings. The lowest BCUT2D eigenvalue weighted by atomic mass is 10.1. The molecule has 0 aliphatic carbocycles. The molecule has 0 unspecified atom stereocenters. The SMILES string of the molecule is CCNC(=O)Nc1ccc(/C=C/C(=O)O)cc1CC. The summed E-state index contributed by atoms with van der Waals surface area (Å²) in [4.78, 5) is 21.9. The smallest absolute Gasteiger partial charge is 0.328 e. The van der Waals surface area contributed by atoms with Crippen LogP contribution >= 0.6 is 0 Å². The first kappa shape index (κ1) is 14.8. The molecule has 0 aliphatic rings. The van der Waals surface area contributed by atoms with Gasteiger partial charge in [0.25, 0.3) is 0 Å². The van der Waals surface area contributed by atoms with Crippen LogP contribution in [0.1, 0.15) is 25.0 Å². The molecule has 0 aliphatic heterocycles. The number of rotatable bonds is 5. The summed E-state index contributed by atoms with van der Waals surface area (Å²) in [5.74, 6) is -0.984. The van der Waals surface area contributed by atoms with Crippen LogP contribution in [0.3, 0.4) is 0 Å². The van der Waals surface area contributed by atoms with E-state index < -0.39 is 5.97 Å². The highest BCUT2D eigenvalue weighted by molar-refractivity contribution is 5.90. The van der Waals surface area contributed by atoms with Gasteiger partial charge < -0.3 is 15.7 Å². The number of benzene rings is 1. The van der Waals surface area contributed by atoms with Crippen molar-refractivity contribution in [2.75, 3.05) is 11.9 Å². The van der Waals surface area contributed by atoms with E-state index in [1.165, 1.54) is 6.08 Å². The molecular weight excluding hydrogens is 244 g/mol. The highest BCUT2D eigenvalue weighted by Gasteiger charge is 2.05. The van der Waals surface area contributed by atoms with E-state index >= 15 is 0 Å². The van der Waals surface area contributed by atoms with Crippen molar-refractivity contribution < 1.29 is 14.7 Å². The fourth-order valence-electron chi connectivity index (χ4n) is 1.63. The summed E-state index contributed by atoms with van der Waals surface area (Å²) in [5, 5.41) is 14.0. The number of hydrogen-bond donors (Lipinski definition) is 3. The van der Waals surface area contributed by atoms with Gasteiger partial charge in [-0.15, -0.1) is 0 Å². The van der Waals surface area contributed by atoms with Crippen LogP contribution in [-0.4, -0.2) is 23.7 Å². The lowest BCUT2D eigenvalue weighted by Gasteiger charge is -2.11. The number of amides is 2. The molecule has 5 nitrogen and oxygen atoms in total. The lowest BCUT2D eigenvalue weighted by Crippen LogP contribution is -2.28. The number of carboxylic acid groups (broad SMARTS) is 1. The largest absolute Gasteiger partial charge is 0.478 e. The van der Waals surface area contributed by atoms with Gasteiger partial charge in [0, 0.05) is 18.3 Å². The Morgan fingerprint density at radius 2 is 2.05 bits per heavy atom. The topological polar surface area (TPSA) is 78.4 Å². The second kappa shape index (κ2) is 7.20. The van der Waals surface area contributed by atoms with Crippen molar-refractivity contribution in [1.29, 1.82) is 0 Å². The first-order valence-electron chi connectivity index (χ1n) is 6.15. The number of anilines is 1. The van der Waals surface area contributed by atoms with Crippen LogP contribution in [0, 0.1) is 0 Å². The molecule has 0 heterocycles. The Kier molecular flexibility index (Phi) is 5.60. The van der Waals surface area contributed by atoms with E-state index in [1.54, 1.807) is 12.1 Å². The summed E-state index contributed by atoms with van der Waals surface area (Å²) < 4.78 is 0. The number of carbonyl (C=O) groups is 2. The molecule has 2 amide bonds. The number of carbonyl (C=O) groups excluding carboxylic acids is 1. The summed E-state index contributed by atoms with van der Waals surface area (Å²) in [6.45, 7) is 4.38. The van der Waals surface area contributed by atoms with Crippen LogP contribution in [-0.2, 0) is 11.2 Å². The van der Waals surface area contributed by atoms with Gasteiger partial charge in [0.15, 0.2) is 0 Å². The molecule has 5 heteroatoms. The molecular formula is C14H18N2O3. The van der Waals surface area contributed by atoms with Crippen LogP contribution in [0.5, 0.6) is 0 Å². The predicted octanol–water partition coefficient (Wildman–Crippen LogP) is 2.49. The minimum absolute atomic E-state index is 0.244. The second-order valence-electron chi connectivity index (χ2n) is 3.93. The molecule has 1 aromatic carbocycles. The Bertz CT molecular complexity index is 495. The predicted molar refractivity (Wildman–Crippen MR) is 75.2 cm³/mol. The number of urea groups is 1. The zero-order valence-corrected chi connectivity index (χ0v) is 11.1. The average molecular weight is 262 g/mol. The van der Waals surface area contributed by atoms with Crippen LogP contribution < -0.4 is 10.6 Å². The summed E-state index contributed by atoms with van der Waals surface area (Å²) >= 11 is 0. The normalized spacial score (nSPS) is 10.4. The van der Waals surface area contributed by atoms with Gasteiger partial charge in [-0.3, -0.25) is 0 Å². The molecule has 1 aromatic rings. The maximum atomic E-state index is 11.5. The molecule has 0 atom stereocenters.